The van der Waals surface area contributed by atoms with E-state index in [0.29, 0.717) is 40.2 Å². The van der Waals surface area contributed by atoms with Gasteiger partial charge < -0.3 is 15.1 Å². The van der Waals surface area contributed by atoms with E-state index in [-0.39, 0.29) is 18.2 Å². The predicted octanol–water partition coefficient (Wildman–Crippen LogP) is 4.28. The summed E-state index contributed by atoms with van der Waals surface area (Å²) in [5.41, 5.74) is 1.30. The van der Waals surface area contributed by atoms with E-state index < -0.39 is 17.8 Å². The van der Waals surface area contributed by atoms with Crippen molar-refractivity contribution in [2.45, 2.75) is 38.4 Å². The molecule has 10 heteroatoms. The molecule has 3 aliphatic rings. The molecule has 1 aliphatic carbocycles. The average molecular weight is 479 g/mol. The van der Waals surface area contributed by atoms with Crippen molar-refractivity contribution in [3.05, 3.63) is 57.8 Å². The van der Waals surface area contributed by atoms with Gasteiger partial charge in [-0.15, -0.1) is 0 Å². The minimum absolute atomic E-state index is 0.0956. The van der Waals surface area contributed by atoms with Gasteiger partial charge in [-0.2, -0.15) is 13.2 Å². The van der Waals surface area contributed by atoms with Crippen LogP contribution in [0.4, 0.5) is 13.2 Å². The number of fused-ring (bicyclic) bond motifs is 1. The first-order valence-corrected chi connectivity index (χ1v) is 11.5. The SMILES string of the molecule is CC1=C(C(=O)N(C)C)C(c2ccc(C(F)(F)F)cc2)N2C(CC(=O)NCC3CC3)=CSC2=N1. The molecule has 2 amide bonds. The number of thioether (sulfide) groups is 1. The van der Waals surface area contributed by atoms with E-state index in [9.17, 15) is 22.8 Å². The van der Waals surface area contributed by atoms with Gasteiger partial charge in [0.1, 0.15) is 0 Å². The van der Waals surface area contributed by atoms with Crippen molar-refractivity contribution in [3.63, 3.8) is 0 Å². The molecular weight excluding hydrogens is 453 g/mol. The topological polar surface area (TPSA) is 65.0 Å². The van der Waals surface area contributed by atoms with E-state index in [2.05, 4.69) is 10.3 Å². The zero-order chi connectivity index (χ0) is 23.9. The number of hydrogen-bond donors (Lipinski definition) is 1. The number of alkyl halides is 3. The second-order valence-electron chi connectivity index (χ2n) is 8.64. The molecule has 1 fully saturated rings. The number of likely N-dealkylation sites (N-methyl/N-ethyl adjacent to an activating group) is 1. The van der Waals surface area contributed by atoms with Crippen LogP contribution in [0.2, 0.25) is 0 Å². The molecule has 1 unspecified atom stereocenters. The monoisotopic (exact) mass is 478 g/mol. The Morgan fingerprint density at radius 2 is 1.88 bits per heavy atom. The maximum absolute atomic E-state index is 13.1. The molecular formula is C23H25F3N4O2S. The Kier molecular flexibility index (Phi) is 6.30. The van der Waals surface area contributed by atoms with Crippen LogP contribution in [0.1, 0.15) is 43.4 Å². The van der Waals surface area contributed by atoms with Gasteiger partial charge in [-0.1, -0.05) is 23.9 Å². The smallest absolute Gasteiger partial charge is 0.355 e. The van der Waals surface area contributed by atoms with Gasteiger partial charge in [0, 0.05) is 26.3 Å². The van der Waals surface area contributed by atoms with E-state index in [0.717, 1.165) is 25.0 Å². The first-order valence-electron chi connectivity index (χ1n) is 10.7. The standard InChI is InChI=1S/C23H25F3N4O2S/c1-13-19(21(32)29(2)3)20(15-6-8-16(9-7-15)23(24,25)26)30-17(12-33-22(30)28-13)10-18(31)27-11-14-4-5-14/h6-9,12,14,20H,4-5,10-11H2,1-3H3,(H,27,31). The van der Waals surface area contributed by atoms with Crippen LogP contribution in [0.25, 0.3) is 0 Å². The summed E-state index contributed by atoms with van der Waals surface area (Å²) >= 11 is 1.34. The molecule has 1 saturated carbocycles. The average Bonchev–Trinajstić information content (AvgIpc) is 3.51. The lowest BCUT2D eigenvalue weighted by molar-refractivity contribution is -0.137. The van der Waals surface area contributed by atoms with Crippen LogP contribution in [-0.2, 0) is 15.8 Å². The van der Waals surface area contributed by atoms with Crippen molar-refractivity contribution in [1.82, 2.24) is 15.1 Å². The highest BCUT2D eigenvalue weighted by Gasteiger charge is 2.41. The Balaban J connectivity index is 1.69. The number of nitrogens with zero attached hydrogens (tertiary/aromatic N) is 3. The van der Waals surface area contributed by atoms with Gasteiger partial charge >= 0.3 is 6.18 Å². The lowest BCUT2D eigenvalue weighted by Gasteiger charge is -2.37. The molecule has 0 aromatic heterocycles. The fourth-order valence-electron chi connectivity index (χ4n) is 3.86. The molecule has 0 radical (unpaired) electrons. The third kappa shape index (κ3) is 4.95. The fraction of sp³-hybridized carbons (Fsp3) is 0.435. The molecule has 176 valence electrons. The summed E-state index contributed by atoms with van der Waals surface area (Å²) in [7, 11) is 3.24. The van der Waals surface area contributed by atoms with Crippen molar-refractivity contribution >= 4 is 28.7 Å². The van der Waals surface area contributed by atoms with Gasteiger partial charge in [0.25, 0.3) is 5.91 Å². The maximum Gasteiger partial charge on any atom is 0.416 e. The number of nitrogens with one attached hydrogen (secondary N) is 1. The van der Waals surface area contributed by atoms with Gasteiger partial charge in [-0.25, -0.2) is 4.99 Å². The number of benzene rings is 1. The van der Waals surface area contributed by atoms with E-state index in [1.54, 1.807) is 25.9 Å². The molecule has 1 aromatic rings. The van der Waals surface area contributed by atoms with Crippen LogP contribution < -0.4 is 5.32 Å². The van der Waals surface area contributed by atoms with Crippen LogP contribution in [0.15, 0.2) is 51.6 Å². The second kappa shape index (κ2) is 8.89. The number of amidine groups is 1. The van der Waals surface area contributed by atoms with Crippen molar-refractivity contribution in [2.24, 2.45) is 10.9 Å². The number of aliphatic imine (C=N–C) groups is 1. The van der Waals surface area contributed by atoms with Gasteiger partial charge in [-0.3, -0.25) is 9.59 Å². The van der Waals surface area contributed by atoms with Crippen LogP contribution in [0, 0.1) is 5.92 Å². The summed E-state index contributed by atoms with van der Waals surface area (Å²) in [6, 6.07) is 4.12. The maximum atomic E-state index is 13.1. The quantitative estimate of drug-likeness (QED) is 0.663. The van der Waals surface area contributed by atoms with E-state index in [1.807, 2.05) is 5.41 Å². The second-order valence-corrected chi connectivity index (χ2v) is 9.47. The lowest BCUT2D eigenvalue weighted by atomic mass is 9.92. The van der Waals surface area contributed by atoms with Gasteiger partial charge in [0.2, 0.25) is 5.91 Å². The first-order chi connectivity index (χ1) is 15.6. The third-order valence-corrected chi connectivity index (χ3v) is 6.71. The highest BCUT2D eigenvalue weighted by molar-refractivity contribution is 8.16. The molecule has 4 rings (SSSR count). The van der Waals surface area contributed by atoms with E-state index >= 15 is 0 Å². The minimum Gasteiger partial charge on any atom is -0.355 e. The molecule has 0 saturated heterocycles. The number of carbonyl (C=O) groups excluding carboxylic acids is 2. The zero-order valence-electron chi connectivity index (χ0n) is 18.6. The number of rotatable bonds is 6. The summed E-state index contributed by atoms with van der Waals surface area (Å²) in [6.45, 7) is 2.37. The molecule has 1 atom stereocenters. The van der Waals surface area contributed by atoms with Gasteiger partial charge in [0.15, 0.2) is 5.17 Å². The summed E-state index contributed by atoms with van der Waals surface area (Å²) in [6.07, 6.45) is -2.12. The van der Waals surface area contributed by atoms with Crippen molar-refractivity contribution < 1.29 is 22.8 Å². The van der Waals surface area contributed by atoms with Crippen molar-refractivity contribution in [2.75, 3.05) is 20.6 Å². The van der Waals surface area contributed by atoms with Crippen LogP contribution in [-0.4, -0.2) is 47.4 Å². The molecule has 0 bridgehead atoms. The predicted molar refractivity (Wildman–Crippen MR) is 121 cm³/mol. The summed E-state index contributed by atoms with van der Waals surface area (Å²) in [4.78, 5) is 33.5. The zero-order valence-corrected chi connectivity index (χ0v) is 19.4. The number of allylic oxidation sites excluding steroid dienone is 1. The van der Waals surface area contributed by atoms with Gasteiger partial charge in [0.05, 0.1) is 29.3 Å². The molecule has 2 aliphatic heterocycles. The van der Waals surface area contributed by atoms with Gasteiger partial charge in [-0.05, 0) is 48.8 Å². The molecule has 2 heterocycles. The Labute approximate surface area is 194 Å². The van der Waals surface area contributed by atoms with E-state index in [4.69, 9.17) is 0 Å². The number of carbonyl (C=O) groups is 2. The minimum atomic E-state index is -4.46. The summed E-state index contributed by atoms with van der Waals surface area (Å²) in [5.74, 6) is 0.130. The summed E-state index contributed by atoms with van der Waals surface area (Å²) < 4.78 is 39.4. The first kappa shape index (κ1) is 23.4. The Morgan fingerprint density at radius 1 is 1.21 bits per heavy atom. The Bertz CT molecular complexity index is 1060. The van der Waals surface area contributed by atoms with Crippen molar-refractivity contribution in [1.29, 1.82) is 0 Å². The highest BCUT2D eigenvalue weighted by Crippen LogP contribution is 2.45. The molecule has 33 heavy (non-hydrogen) atoms. The summed E-state index contributed by atoms with van der Waals surface area (Å²) in [5, 5.41) is 5.36. The lowest BCUT2D eigenvalue weighted by Crippen LogP contribution is -2.40. The normalized spacial score (nSPS) is 20.3. The van der Waals surface area contributed by atoms with Crippen LogP contribution in [0.3, 0.4) is 0 Å². The third-order valence-electron chi connectivity index (χ3n) is 5.82. The Hall–Kier alpha value is -2.75. The number of hydrogen-bond acceptors (Lipinski definition) is 5. The number of halogens is 3. The van der Waals surface area contributed by atoms with Crippen LogP contribution in [0.5, 0.6) is 0 Å². The molecule has 6 nitrogen and oxygen atoms in total. The molecule has 1 aromatic carbocycles. The van der Waals surface area contributed by atoms with Crippen molar-refractivity contribution in [3.8, 4) is 0 Å². The largest absolute Gasteiger partial charge is 0.416 e. The number of amides is 2. The molecule has 0 spiro atoms. The van der Waals surface area contributed by atoms with E-state index in [1.165, 1.54) is 28.8 Å². The molecule has 1 N–H and O–H groups in total. The Morgan fingerprint density at radius 3 is 2.45 bits per heavy atom. The van der Waals surface area contributed by atoms with Crippen LogP contribution >= 0.6 is 11.8 Å². The fourth-order valence-corrected chi connectivity index (χ4v) is 4.83. The highest BCUT2D eigenvalue weighted by atomic mass is 32.2.